The molecule has 6 nitrogen and oxygen atoms in total. The topological polar surface area (TPSA) is 62.5 Å². The number of carbonyl (C=O) groups excluding carboxylic acids is 1. The van der Waals surface area contributed by atoms with E-state index in [1.807, 2.05) is 60.4 Å². The summed E-state index contributed by atoms with van der Waals surface area (Å²) >= 11 is 0. The largest absolute Gasteiger partial charge is 0.421 e. The highest BCUT2D eigenvalue weighted by Crippen LogP contribution is 2.25. The second-order valence-electron chi connectivity index (χ2n) is 9.00. The maximum Gasteiger partial charge on any atom is 0.253 e. The van der Waals surface area contributed by atoms with Crippen molar-refractivity contribution in [2.75, 3.05) is 32.7 Å². The predicted molar refractivity (Wildman–Crippen MR) is 136 cm³/mol. The molecule has 2 saturated heterocycles. The summed E-state index contributed by atoms with van der Waals surface area (Å²) in [5.41, 5.74) is 3.82. The Labute approximate surface area is 203 Å². The summed E-state index contributed by atoms with van der Waals surface area (Å²) in [6.07, 6.45) is 7.25. The molecule has 0 radical (unpaired) electrons. The zero-order valence-electron chi connectivity index (χ0n) is 20.5. The third kappa shape index (κ3) is 6.11. The highest BCUT2D eigenvalue weighted by molar-refractivity contribution is 5.94. The van der Waals surface area contributed by atoms with Crippen LogP contribution in [0.2, 0.25) is 0 Å². The molecule has 5 rings (SSSR count). The first-order chi connectivity index (χ1) is 16.7. The lowest BCUT2D eigenvalue weighted by Crippen LogP contribution is -2.29. The van der Waals surface area contributed by atoms with Crippen molar-refractivity contribution in [1.29, 1.82) is 0 Å². The number of amides is 1. The van der Waals surface area contributed by atoms with Crippen molar-refractivity contribution < 1.29 is 9.21 Å². The quantitative estimate of drug-likeness (QED) is 0.489. The van der Waals surface area contributed by atoms with Gasteiger partial charge in [0.15, 0.2) is 0 Å². The lowest BCUT2D eigenvalue weighted by molar-refractivity contribution is 0.0793. The van der Waals surface area contributed by atoms with Crippen molar-refractivity contribution in [3.05, 3.63) is 60.0 Å². The average Bonchev–Trinajstić information content (AvgIpc) is 3.62. The normalized spacial score (nSPS) is 16.2. The first-order valence-electron chi connectivity index (χ1n) is 12.7. The molecule has 6 heteroatoms. The van der Waals surface area contributed by atoms with E-state index < -0.39 is 0 Å². The molecule has 1 amide bonds. The number of carbonyl (C=O) groups is 1. The van der Waals surface area contributed by atoms with Gasteiger partial charge in [0.2, 0.25) is 11.8 Å². The van der Waals surface area contributed by atoms with E-state index in [9.17, 15) is 4.79 Å². The molecule has 0 saturated carbocycles. The zero-order chi connectivity index (χ0) is 23.8. The molecule has 3 aromatic rings. The van der Waals surface area contributed by atoms with Gasteiger partial charge in [0.1, 0.15) is 0 Å². The van der Waals surface area contributed by atoms with Crippen LogP contribution in [-0.4, -0.2) is 58.6 Å². The molecule has 2 aliphatic heterocycles. The van der Waals surface area contributed by atoms with Crippen LogP contribution in [0.3, 0.4) is 0 Å². The van der Waals surface area contributed by atoms with E-state index in [2.05, 4.69) is 22.0 Å². The lowest BCUT2D eigenvalue weighted by Gasteiger charge is -2.24. The molecule has 180 valence electrons. The second-order valence-corrected chi connectivity index (χ2v) is 9.00. The first-order valence-corrected chi connectivity index (χ1v) is 12.7. The Morgan fingerprint density at radius 1 is 0.765 bits per heavy atom. The van der Waals surface area contributed by atoms with Crippen molar-refractivity contribution in [3.8, 4) is 22.6 Å². The van der Waals surface area contributed by atoms with Crippen molar-refractivity contribution in [2.24, 2.45) is 0 Å². The number of rotatable bonds is 5. The maximum atomic E-state index is 12.4. The number of nitrogens with zero attached hydrogens (tertiary/aromatic N) is 4. The fourth-order valence-electron chi connectivity index (χ4n) is 4.50. The van der Waals surface area contributed by atoms with Crippen molar-refractivity contribution in [1.82, 2.24) is 20.0 Å². The molecule has 2 aliphatic rings. The van der Waals surface area contributed by atoms with Gasteiger partial charge in [-0.25, -0.2) is 0 Å². The standard InChI is InChI=1S/C21H21N3O2.C7H15N/c1-2-19-22-23-20(26-19)17-9-5-15(6-10-17)16-7-11-18(12-8-16)21(25)24-13-3-4-14-24;1-2-8-6-4-3-5-7-8/h5-12H,2-4,13-14H2,1H3;2-7H2,1H3. The predicted octanol–water partition coefficient (Wildman–Crippen LogP) is 5.69. The number of piperidine rings is 1. The highest BCUT2D eigenvalue weighted by atomic mass is 16.4. The number of aryl methyl sites for hydroxylation is 1. The van der Waals surface area contributed by atoms with Crippen LogP contribution in [-0.2, 0) is 6.42 Å². The number of hydrogen-bond acceptors (Lipinski definition) is 5. The zero-order valence-corrected chi connectivity index (χ0v) is 20.5. The molecule has 0 aliphatic carbocycles. The van der Waals surface area contributed by atoms with Crippen LogP contribution in [0.25, 0.3) is 22.6 Å². The Bertz CT molecular complexity index is 1030. The highest BCUT2D eigenvalue weighted by Gasteiger charge is 2.19. The minimum absolute atomic E-state index is 0.132. The third-order valence-corrected chi connectivity index (χ3v) is 6.66. The molecular formula is C28H36N4O2. The van der Waals surface area contributed by atoms with Crippen molar-refractivity contribution >= 4 is 5.91 Å². The van der Waals surface area contributed by atoms with Crippen LogP contribution >= 0.6 is 0 Å². The van der Waals surface area contributed by atoms with Gasteiger partial charge in [-0.05, 0) is 80.7 Å². The summed E-state index contributed by atoms with van der Waals surface area (Å²) in [6.45, 7) is 9.91. The SMILES string of the molecule is CCN1CCCCC1.CCc1nnc(-c2ccc(-c3ccc(C(=O)N4CCCC4)cc3)cc2)o1. The van der Waals surface area contributed by atoms with Gasteiger partial charge in [-0.1, -0.05) is 44.5 Å². The summed E-state index contributed by atoms with van der Waals surface area (Å²) in [7, 11) is 0. The Balaban J connectivity index is 0.000000291. The molecular weight excluding hydrogens is 424 g/mol. The Morgan fingerprint density at radius 2 is 1.32 bits per heavy atom. The molecule has 0 spiro atoms. The molecule has 0 unspecified atom stereocenters. The molecule has 34 heavy (non-hydrogen) atoms. The number of likely N-dealkylation sites (tertiary alicyclic amines) is 2. The molecule has 1 aromatic heterocycles. The van der Waals surface area contributed by atoms with Crippen LogP contribution in [0.5, 0.6) is 0 Å². The van der Waals surface area contributed by atoms with Crippen LogP contribution in [0.4, 0.5) is 0 Å². The van der Waals surface area contributed by atoms with E-state index in [4.69, 9.17) is 4.42 Å². The van der Waals surface area contributed by atoms with Gasteiger partial charge < -0.3 is 14.2 Å². The van der Waals surface area contributed by atoms with Crippen LogP contribution in [0.15, 0.2) is 52.9 Å². The summed E-state index contributed by atoms with van der Waals surface area (Å²) in [5, 5.41) is 8.07. The fourth-order valence-corrected chi connectivity index (χ4v) is 4.50. The molecule has 0 N–H and O–H groups in total. The average molecular weight is 461 g/mol. The van der Waals surface area contributed by atoms with Crippen molar-refractivity contribution in [2.45, 2.75) is 52.4 Å². The minimum Gasteiger partial charge on any atom is -0.421 e. The van der Waals surface area contributed by atoms with Crippen LogP contribution < -0.4 is 0 Å². The second kappa shape index (κ2) is 11.9. The molecule has 3 heterocycles. The Hall–Kier alpha value is -2.99. The molecule has 0 bridgehead atoms. The van der Waals surface area contributed by atoms with E-state index in [1.54, 1.807) is 0 Å². The van der Waals surface area contributed by atoms with Gasteiger partial charge in [0, 0.05) is 30.6 Å². The van der Waals surface area contributed by atoms with Gasteiger partial charge in [-0.3, -0.25) is 4.79 Å². The molecule has 0 atom stereocenters. The third-order valence-electron chi connectivity index (χ3n) is 6.66. The van der Waals surface area contributed by atoms with E-state index in [0.29, 0.717) is 11.8 Å². The Kier molecular flexibility index (Phi) is 8.47. The van der Waals surface area contributed by atoms with Crippen LogP contribution in [0.1, 0.15) is 62.2 Å². The molecule has 2 aromatic carbocycles. The number of benzene rings is 2. The van der Waals surface area contributed by atoms with Gasteiger partial charge in [-0.2, -0.15) is 0 Å². The minimum atomic E-state index is 0.132. The number of hydrogen-bond donors (Lipinski definition) is 0. The van der Waals surface area contributed by atoms with Crippen molar-refractivity contribution in [3.63, 3.8) is 0 Å². The Morgan fingerprint density at radius 3 is 1.85 bits per heavy atom. The summed E-state index contributed by atoms with van der Waals surface area (Å²) in [6, 6.07) is 15.8. The summed E-state index contributed by atoms with van der Waals surface area (Å²) < 4.78 is 5.59. The summed E-state index contributed by atoms with van der Waals surface area (Å²) in [5.74, 6) is 1.31. The van der Waals surface area contributed by atoms with E-state index in [1.165, 1.54) is 38.9 Å². The fraction of sp³-hybridized carbons (Fsp3) is 0.464. The monoisotopic (exact) mass is 460 g/mol. The van der Waals surface area contributed by atoms with Gasteiger partial charge >= 0.3 is 0 Å². The van der Waals surface area contributed by atoms with E-state index >= 15 is 0 Å². The van der Waals surface area contributed by atoms with Gasteiger partial charge in [-0.15, -0.1) is 10.2 Å². The van der Waals surface area contributed by atoms with E-state index in [0.717, 1.165) is 54.6 Å². The molecule has 2 fully saturated rings. The lowest BCUT2D eigenvalue weighted by atomic mass is 10.0. The smallest absolute Gasteiger partial charge is 0.253 e. The number of aromatic nitrogens is 2. The van der Waals surface area contributed by atoms with Gasteiger partial charge in [0.05, 0.1) is 0 Å². The van der Waals surface area contributed by atoms with Crippen LogP contribution in [0, 0.1) is 0 Å². The van der Waals surface area contributed by atoms with Gasteiger partial charge in [0.25, 0.3) is 5.91 Å². The maximum absolute atomic E-state index is 12.4. The summed E-state index contributed by atoms with van der Waals surface area (Å²) in [4.78, 5) is 16.9. The van der Waals surface area contributed by atoms with E-state index in [-0.39, 0.29) is 5.91 Å². The first kappa shape index (κ1) is 24.1.